The topological polar surface area (TPSA) is 20.2 Å². The minimum atomic E-state index is -0.0834. The van der Waals surface area contributed by atoms with Gasteiger partial charge in [-0.2, -0.15) is 0 Å². The van der Waals surface area contributed by atoms with Crippen molar-refractivity contribution in [2.45, 2.75) is 25.9 Å². The normalized spacial score (nSPS) is 21.1. The number of hydrogen-bond acceptors (Lipinski definition) is 1. The van der Waals surface area contributed by atoms with E-state index in [4.69, 9.17) is 0 Å². The average Bonchev–Trinajstić information content (AvgIpc) is 2.52. The number of thiol groups is 1. The molecule has 64 valence electrons. The number of hydrogen-bond donors (Lipinski definition) is 2. The summed E-state index contributed by atoms with van der Waals surface area (Å²) in [5, 5.41) is 13.8. The average molecular weight is 172 g/mol. The second-order valence-corrected chi connectivity index (χ2v) is 4.84. The largest absolute Gasteiger partial charge is 0.393 e. The van der Waals surface area contributed by atoms with Crippen LogP contribution in [0.5, 0.6) is 0 Å². The van der Waals surface area contributed by atoms with Crippen LogP contribution in [0.2, 0.25) is 0 Å². The molecule has 1 atom stereocenters. The Morgan fingerprint density at radius 3 is 2.55 bits per heavy atom. The molecule has 0 bridgehead atoms. The van der Waals surface area contributed by atoms with Gasteiger partial charge in [-0.3, -0.25) is 0 Å². The molecule has 1 nitrogen and oxygen atoms in total. The summed E-state index contributed by atoms with van der Waals surface area (Å²) in [6.07, 6.45) is 5.96. The van der Waals surface area contributed by atoms with Crippen LogP contribution >= 0.6 is 10.9 Å². The molecule has 0 saturated carbocycles. The van der Waals surface area contributed by atoms with Gasteiger partial charge in [0.2, 0.25) is 0 Å². The van der Waals surface area contributed by atoms with E-state index in [0.29, 0.717) is 0 Å². The molecule has 0 aromatic carbocycles. The van der Waals surface area contributed by atoms with Crippen LogP contribution in [0.1, 0.15) is 19.8 Å². The Labute approximate surface area is 71.2 Å². The lowest BCUT2D eigenvalue weighted by atomic mass is 10.2. The predicted molar refractivity (Wildman–Crippen MR) is 53.0 cm³/mol. The molecular formula is C9H16OS. The minimum absolute atomic E-state index is 0.00445. The van der Waals surface area contributed by atoms with E-state index < -0.39 is 0 Å². The quantitative estimate of drug-likeness (QED) is 0.623. The molecule has 0 spiro atoms. The van der Waals surface area contributed by atoms with Crippen molar-refractivity contribution in [2.24, 2.45) is 0 Å². The molecule has 0 amide bonds. The molecule has 0 unspecified atom stereocenters. The first-order valence-electron chi connectivity index (χ1n) is 4.11. The SMILES string of the molecule is CC[C@@H](O)CC[SH]1C=CC=C1. The molecule has 0 aromatic heterocycles. The lowest BCUT2D eigenvalue weighted by molar-refractivity contribution is 0.167. The Morgan fingerprint density at radius 2 is 2.00 bits per heavy atom. The van der Waals surface area contributed by atoms with Crippen LogP contribution in [0, 0.1) is 0 Å². The summed E-state index contributed by atoms with van der Waals surface area (Å²) >= 11 is 0. The molecule has 0 fully saturated rings. The third-order valence-electron chi connectivity index (χ3n) is 1.86. The fourth-order valence-corrected chi connectivity index (χ4v) is 2.66. The van der Waals surface area contributed by atoms with Crippen molar-refractivity contribution in [2.75, 3.05) is 5.75 Å². The summed E-state index contributed by atoms with van der Waals surface area (Å²) < 4.78 is 0. The molecular weight excluding hydrogens is 156 g/mol. The lowest BCUT2D eigenvalue weighted by Crippen LogP contribution is -2.05. The molecule has 1 heterocycles. The van der Waals surface area contributed by atoms with E-state index in [9.17, 15) is 5.11 Å². The second-order valence-electron chi connectivity index (χ2n) is 2.77. The zero-order valence-electron chi connectivity index (χ0n) is 6.90. The first-order chi connectivity index (χ1) is 5.33. The zero-order chi connectivity index (χ0) is 8.10. The van der Waals surface area contributed by atoms with Crippen molar-refractivity contribution in [3.63, 3.8) is 0 Å². The van der Waals surface area contributed by atoms with Gasteiger partial charge in [-0.05, 0) is 29.4 Å². The van der Waals surface area contributed by atoms with Crippen molar-refractivity contribution in [1.29, 1.82) is 0 Å². The Balaban J connectivity index is 2.12. The van der Waals surface area contributed by atoms with Gasteiger partial charge in [0.05, 0.1) is 6.10 Å². The van der Waals surface area contributed by atoms with E-state index in [2.05, 4.69) is 23.0 Å². The van der Waals surface area contributed by atoms with Crippen molar-refractivity contribution in [3.05, 3.63) is 23.0 Å². The van der Waals surface area contributed by atoms with E-state index in [1.54, 1.807) is 0 Å². The zero-order valence-corrected chi connectivity index (χ0v) is 7.80. The van der Waals surface area contributed by atoms with Crippen LogP contribution in [0.25, 0.3) is 0 Å². The highest BCUT2D eigenvalue weighted by molar-refractivity contribution is 8.22. The summed E-state index contributed by atoms with van der Waals surface area (Å²) in [6.45, 7) is 2.03. The highest BCUT2D eigenvalue weighted by atomic mass is 32.2. The Bertz CT molecular complexity index is 151. The van der Waals surface area contributed by atoms with Gasteiger partial charge in [-0.25, -0.2) is 10.9 Å². The minimum Gasteiger partial charge on any atom is -0.393 e. The Hall–Kier alpha value is -0.210. The maximum atomic E-state index is 9.28. The lowest BCUT2D eigenvalue weighted by Gasteiger charge is -2.12. The van der Waals surface area contributed by atoms with Gasteiger partial charge in [-0.1, -0.05) is 19.1 Å². The van der Waals surface area contributed by atoms with E-state index in [0.717, 1.165) is 18.6 Å². The van der Waals surface area contributed by atoms with Crippen molar-refractivity contribution in [1.82, 2.24) is 0 Å². The molecule has 0 saturated heterocycles. The van der Waals surface area contributed by atoms with Gasteiger partial charge >= 0.3 is 0 Å². The Kier molecular flexibility index (Phi) is 3.73. The van der Waals surface area contributed by atoms with Gasteiger partial charge in [0, 0.05) is 0 Å². The number of aliphatic hydroxyl groups excluding tert-OH is 1. The van der Waals surface area contributed by atoms with E-state index >= 15 is 0 Å². The fraction of sp³-hybridized carbons (Fsp3) is 0.556. The second kappa shape index (κ2) is 4.62. The molecule has 2 heteroatoms. The predicted octanol–water partition coefficient (Wildman–Crippen LogP) is 2.19. The first-order valence-corrected chi connectivity index (χ1v) is 5.78. The molecule has 1 aliphatic rings. The van der Waals surface area contributed by atoms with Crippen LogP contribution in [0.3, 0.4) is 0 Å². The Morgan fingerprint density at radius 1 is 1.36 bits per heavy atom. The van der Waals surface area contributed by atoms with E-state index in [-0.39, 0.29) is 17.0 Å². The summed E-state index contributed by atoms with van der Waals surface area (Å²) in [5.74, 6) is 1.15. The van der Waals surface area contributed by atoms with E-state index in [1.807, 2.05) is 6.92 Å². The van der Waals surface area contributed by atoms with E-state index in [1.165, 1.54) is 0 Å². The van der Waals surface area contributed by atoms with Crippen molar-refractivity contribution < 1.29 is 5.11 Å². The smallest absolute Gasteiger partial charge is 0.0545 e. The first kappa shape index (κ1) is 8.88. The van der Waals surface area contributed by atoms with Gasteiger partial charge in [0.15, 0.2) is 0 Å². The summed E-state index contributed by atoms with van der Waals surface area (Å²) in [6, 6.07) is 0. The molecule has 0 aliphatic carbocycles. The standard InChI is InChI=1S/C9H16OS/c1-2-9(10)5-8-11-6-3-4-7-11/h3-4,6-7,9-11H,2,5,8H2,1H3/t9-/m1/s1. The van der Waals surface area contributed by atoms with Gasteiger partial charge in [0.1, 0.15) is 0 Å². The molecule has 11 heavy (non-hydrogen) atoms. The summed E-state index contributed by atoms with van der Waals surface area (Å²) in [5.41, 5.74) is 0. The molecule has 0 radical (unpaired) electrons. The highest BCUT2D eigenvalue weighted by Gasteiger charge is 2.03. The third kappa shape index (κ3) is 3.12. The molecule has 0 aromatic rings. The van der Waals surface area contributed by atoms with Crippen molar-refractivity contribution in [3.8, 4) is 0 Å². The van der Waals surface area contributed by atoms with Crippen LogP contribution in [0.15, 0.2) is 23.0 Å². The maximum Gasteiger partial charge on any atom is 0.0545 e. The van der Waals surface area contributed by atoms with Gasteiger partial charge in [-0.15, -0.1) is 0 Å². The monoisotopic (exact) mass is 172 g/mol. The molecule has 1 aliphatic heterocycles. The molecule has 1 N–H and O–H groups in total. The number of rotatable bonds is 4. The maximum absolute atomic E-state index is 9.28. The highest BCUT2D eigenvalue weighted by Crippen LogP contribution is 2.33. The fourth-order valence-electron chi connectivity index (χ4n) is 1.02. The third-order valence-corrected chi connectivity index (χ3v) is 3.74. The van der Waals surface area contributed by atoms with Gasteiger partial charge in [0.25, 0.3) is 0 Å². The van der Waals surface area contributed by atoms with Crippen molar-refractivity contribution >= 4 is 10.9 Å². The van der Waals surface area contributed by atoms with Crippen LogP contribution in [0.4, 0.5) is 0 Å². The summed E-state index contributed by atoms with van der Waals surface area (Å²) in [7, 11) is -0.00445. The van der Waals surface area contributed by atoms with Crippen LogP contribution in [-0.4, -0.2) is 17.0 Å². The number of allylic oxidation sites excluding steroid dienone is 2. The number of aliphatic hydroxyl groups is 1. The van der Waals surface area contributed by atoms with Crippen LogP contribution in [-0.2, 0) is 0 Å². The van der Waals surface area contributed by atoms with Gasteiger partial charge < -0.3 is 5.11 Å². The summed E-state index contributed by atoms with van der Waals surface area (Å²) in [4.78, 5) is 0. The molecule has 1 rings (SSSR count). The van der Waals surface area contributed by atoms with Crippen LogP contribution < -0.4 is 0 Å².